The number of fused-ring (bicyclic) bond motifs is 1. The standard InChI is InChI=1S/C18H16N2O2S/c1-13-7-9-15(10-8-13)20-16(21)18(14-5-3-2-4-6-14)19(17(20)22)11-12-23-18/h2-10H,11-12H2,1H3. The molecular formula is C18H16N2O2S. The maximum Gasteiger partial charge on any atom is 0.333 e. The highest BCUT2D eigenvalue weighted by molar-refractivity contribution is 8.01. The number of hydrogen-bond acceptors (Lipinski definition) is 3. The monoisotopic (exact) mass is 324 g/mol. The van der Waals surface area contributed by atoms with Crippen molar-refractivity contribution in [2.45, 2.75) is 11.8 Å². The fourth-order valence-corrected chi connectivity index (χ4v) is 4.65. The Balaban J connectivity index is 1.83. The minimum Gasteiger partial charge on any atom is -0.296 e. The summed E-state index contributed by atoms with van der Waals surface area (Å²) >= 11 is 1.54. The molecule has 0 aromatic heterocycles. The largest absolute Gasteiger partial charge is 0.333 e. The van der Waals surface area contributed by atoms with Crippen molar-refractivity contribution < 1.29 is 9.59 Å². The highest BCUT2D eigenvalue weighted by Crippen LogP contribution is 2.51. The van der Waals surface area contributed by atoms with Crippen molar-refractivity contribution in [1.82, 2.24) is 4.90 Å². The molecule has 23 heavy (non-hydrogen) atoms. The van der Waals surface area contributed by atoms with Crippen molar-refractivity contribution in [3.8, 4) is 0 Å². The number of anilines is 1. The molecule has 1 atom stereocenters. The molecule has 0 saturated carbocycles. The average Bonchev–Trinajstić information content (AvgIpc) is 3.10. The first-order chi connectivity index (χ1) is 11.1. The molecule has 2 fully saturated rings. The predicted molar refractivity (Wildman–Crippen MR) is 91.3 cm³/mol. The van der Waals surface area contributed by atoms with E-state index in [9.17, 15) is 9.59 Å². The Kier molecular flexibility index (Phi) is 3.20. The molecule has 116 valence electrons. The van der Waals surface area contributed by atoms with Crippen LogP contribution in [0.1, 0.15) is 11.1 Å². The van der Waals surface area contributed by atoms with Crippen LogP contribution in [0, 0.1) is 6.92 Å². The highest BCUT2D eigenvalue weighted by Gasteiger charge is 2.61. The van der Waals surface area contributed by atoms with Crippen molar-refractivity contribution in [3.05, 3.63) is 65.7 Å². The van der Waals surface area contributed by atoms with Gasteiger partial charge < -0.3 is 0 Å². The number of aryl methyl sites for hydroxylation is 1. The van der Waals surface area contributed by atoms with Gasteiger partial charge in [-0.2, -0.15) is 0 Å². The van der Waals surface area contributed by atoms with Crippen LogP contribution < -0.4 is 4.90 Å². The number of carbonyl (C=O) groups is 2. The van der Waals surface area contributed by atoms with E-state index in [1.54, 1.807) is 16.7 Å². The summed E-state index contributed by atoms with van der Waals surface area (Å²) in [5.41, 5.74) is 2.60. The number of hydrogen-bond donors (Lipinski definition) is 0. The molecule has 2 aromatic rings. The minimum atomic E-state index is -0.913. The molecule has 3 amide bonds. The van der Waals surface area contributed by atoms with Crippen LogP contribution in [0.3, 0.4) is 0 Å². The smallest absolute Gasteiger partial charge is 0.296 e. The van der Waals surface area contributed by atoms with Crippen molar-refractivity contribution in [3.63, 3.8) is 0 Å². The van der Waals surface area contributed by atoms with E-state index < -0.39 is 4.87 Å². The molecule has 2 aliphatic rings. The van der Waals surface area contributed by atoms with E-state index in [1.807, 2.05) is 61.5 Å². The fourth-order valence-electron chi connectivity index (χ4n) is 3.23. The second-order valence-corrected chi connectivity index (χ2v) is 7.06. The van der Waals surface area contributed by atoms with Crippen molar-refractivity contribution in [1.29, 1.82) is 0 Å². The normalized spacial score (nSPS) is 23.5. The van der Waals surface area contributed by atoms with E-state index >= 15 is 0 Å². The van der Waals surface area contributed by atoms with Gasteiger partial charge in [0.25, 0.3) is 5.91 Å². The molecule has 0 spiro atoms. The number of rotatable bonds is 2. The summed E-state index contributed by atoms with van der Waals surface area (Å²) in [6.07, 6.45) is 0. The molecule has 1 unspecified atom stereocenters. The van der Waals surface area contributed by atoms with Crippen LogP contribution in [0.4, 0.5) is 10.5 Å². The van der Waals surface area contributed by atoms with Gasteiger partial charge >= 0.3 is 6.03 Å². The zero-order chi connectivity index (χ0) is 16.0. The zero-order valence-corrected chi connectivity index (χ0v) is 13.5. The van der Waals surface area contributed by atoms with Gasteiger partial charge in [0.2, 0.25) is 0 Å². The number of benzene rings is 2. The van der Waals surface area contributed by atoms with E-state index in [0.29, 0.717) is 12.2 Å². The summed E-state index contributed by atoms with van der Waals surface area (Å²) in [4.78, 5) is 28.2. The molecule has 0 bridgehead atoms. The molecule has 2 aromatic carbocycles. The first kappa shape index (κ1) is 14.3. The summed E-state index contributed by atoms with van der Waals surface area (Å²) in [5.74, 6) is 0.605. The van der Waals surface area contributed by atoms with Crippen LogP contribution in [0.25, 0.3) is 0 Å². The third-order valence-electron chi connectivity index (χ3n) is 4.38. The first-order valence-electron chi connectivity index (χ1n) is 7.57. The predicted octanol–water partition coefficient (Wildman–Crippen LogP) is 3.36. The van der Waals surface area contributed by atoms with E-state index in [1.165, 1.54) is 4.90 Å². The first-order valence-corrected chi connectivity index (χ1v) is 8.55. The number of amides is 3. The maximum absolute atomic E-state index is 13.2. The molecule has 5 heteroatoms. The van der Waals surface area contributed by atoms with E-state index in [0.717, 1.165) is 16.9 Å². The number of imide groups is 1. The van der Waals surface area contributed by atoms with Crippen LogP contribution in [0.5, 0.6) is 0 Å². The van der Waals surface area contributed by atoms with Gasteiger partial charge in [-0.05, 0) is 24.6 Å². The lowest BCUT2D eigenvalue weighted by molar-refractivity contribution is -0.121. The molecular weight excluding hydrogens is 308 g/mol. The molecule has 4 rings (SSSR count). The molecule has 0 N–H and O–H groups in total. The van der Waals surface area contributed by atoms with Crippen LogP contribution in [-0.4, -0.2) is 29.1 Å². The second-order valence-electron chi connectivity index (χ2n) is 5.77. The lowest BCUT2D eigenvalue weighted by atomic mass is 10.0. The lowest BCUT2D eigenvalue weighted by Gasteiger charge is -2.27. The average molecular weight is 324 g/mol. The quantitative estimate of drug-likeness (QED) is 0.795. The van der Waals surface area contributed by atoms with Gasteiger partial charge in [0.15, 0.2) is 4.87 Å². The number of urea groups is 1. The number of carbonyl (C=O) groups excluding carboxylic acids is 2. The van der Waals surface area contributed by atoms with Crippen molar-refractivity contribution >= 4 is 29.4 Å². The van der Waals surface area contributed by atoms with Crippen molar-refractivity contribution in [2.75, 3.05) is 17.2 Å². The van der Waals surface area contributed by atoms with Gasteiger partial charge in [-0.1, -0.05) is 48.0 Å². The second kappa shape index (κ2) is 5.13. The van der Waals surface area contributed by atoms with E-state index in [-0.39, 0.29) is 11.9 Å². The van der Waals surface area contributed by atoms with Gasteiger partial charge in [0.1, 0.15) is 0 Å². The lowest BCUT2D eigenvalue weighted by Crippen LogP contribution is -2.39. The van der Waals surface area contributed by atoms with Crippen LogP contribution in [-0.2, 0) is 9.67 Å². The van der Waals surface area contributed by atoms with Gasteiger partial charge in [0.05, 0.1) is 5.69 Å². The van der Waals surface area contributed by atoms with E-state index in [4.69, 9.17) is 0 Å². The summed E-state index contributed by atoms with van der Waals surface area (Å²) in [6, 6.07) is 16.9. The Hall–Kier alpha value is -2.27. The SMILES string of the molecule is Cc1ccc(N2C(=O)N3CCSC3(c3ccccc3)C2=O)cc1. The molecule has 2 heterocycles. The van der Waals surface area contributed by atoms with Gasteiger partial charge in [0, 0.05) is 12.3 Å². The summed E-state index contributed by atoms with van der Waals surface area (Å²) in [6.45, 7) is 2.57. The Morgan fingerprint density at radius 1 is 1.00 bits per heavy atom. The minimum absolute atomic E-state index is 0.167. The van der Waals surface area contributed by atoms with Gasteiger partial charge in [-0.25, -0.2) is 9.69 Å². The number of thioether (sulfide) groups is 1. The summed E-state index contributed by atoms with van der Waals surface area (Å²) in [5, 5.41) is 0. The number of nitrogens with zero attached hydrogens (tertiary/aromatic N) is 2. The van der Waals surface area contributed by atoms with Crippen LogP contribution in [0.2, 0.25) is 0 Å². The molecule has 2 aliphatic heterocycles. The Morgan fingerprint density at radius 3 is 2.39 bits per heavy atom. The highest BCUT2D eigenvalue weighted by atomic mass is 32.2. The Bertz CT molecular complexity index is 775. The topological polar surface area (TPSA) is 40.6 Å². The summed E-state index contributed by atoms with van der Waals surface area (Å²) in [7, 11) is 0. The molecule has 4 nitrogen and oxygen atoms in total. The maximum atomic E-state index is 13.2. The van der Waals surface area contributed by atoms with Crippen LogP contribution in [0.15, 0.2) is 54.6 Å². The molecule has 0 aliphatic carbocycles. The molecule has 0 radical (unpaired) electrons. The third-order valence-corrected chi connectivity index (χ3v) is 5.81. The van der Waals surface area contributed by atoms with E-state index in [2.05, 4.69) is 0 Å². The zero-order valence-electron chi connectivity index (χ0n) is 12.7. The fraction of sp³-hybridized carbons (Fsp3) is 0.222. The van der Waals surface area contributed by atoms with Gasteiger partial charge in [-0.3, -0.25) is 9.69 Å². The summed E-state index contributed by atoms with van der Waals surface area (Å²) < 4.78 is 0. The van der Waals surface area contributed by atoms with Crippen LogP contribution >= 0.6 is 11.8 Å². The van der Waals surface area contributed by atoms with Crippen molar-refractivity contribution in [2.24, 2.45) is 0 Å². The molecule has 2 saturated heterocycles. The van der Waals surface area contributed by atoms with Gasteiger partial charge in [-0.15, -0.1) is 11.8 Å². The Labute approximate surface area is 139 Å². The Morgan fingerprint density at radius 2 is 1.70 bits per heavy atom. The third kappa shape index (κ3) is 1.93.